The summed E-state index contributed by atoms with van der Waals surface area (Å²) < 4.78 is 0.790. The van der Waals surface area contributed by atoms with E-state index in [9.17, 15) is 19.7 Å². The second-order valence-electron chi connectivity index (χ2n) is 6.54. The van der Waals surface area contributed by atoms with Gasteiger partial charge >= 0.3 is 0 Å². The molecule has 2 heterocycles. The number of H-pyrrole nitrogens is 1. The van der Waals surface area contributed by atoms with E-state index in [1.54, 1.807) is 42.6 Å². The number of carbonyl (C=O) groups excluding carboxylic acids is 2. The van der Waals surface area contributed by atoms with Gasteiger partial charge in [0.05, 0.1) is 10.5 Å². The van der Waals surface area contributed by atoms with Crippen molar-refractivity contribution in [3.05, 3.63) is 92.7 Å². The summed E-state index contributed by atoms with van der Waals surface area (Å²) in [6.07, 6.45) is 3.05. The average Bonchev–Trinajstić information content (AvgIpc) is 3.19. The van der Waals surface area contributed by atoms with E-state index in [1.807, 2.05) is 0 Å². The maximum absolute atomic E-state index is 12.8. The number of hydrogen-bond acceptors (Lipinski definition) is 5. The number of nitrogens with one attached hydrogen (secondary N) is 3. The molecule has 4 aromatic rings. The number of hydrogen-bond donors (Lipinski definition) is 3. The molecule has 0 aliphatic rings. The van der Waals surface area contributed by atoms with Gasteiger partial charge in [-0.25, -0.2) is 4.98 Å². The summed E-state index contributed by atoms with van der Waals surface area (Å²) in [5, 5.41) is 16.9. The Morgan fingerprint density at radius 3 is 2.61 bits per heavy atom. The first kappa shape index (κ1) is 20.2. The van der Waals surface area contributed by atoms with Crippen molar-refractivity contribution in [2.24, 2.45) is 0 Å². The SMILES string of the molecule is O=C(Nc1ccc(Br)cn1)c1cccc(NC(=O)c2c[nH]c3ccc([N+](=O)[O-])cc23)c1. The maximum atomic E-state index is 12.8. The van der Waals surface area contributed by atoms with Crippen LogP contribution in [-0.2, 0) is 0 Å². The first-order valence-electron chi connectivity index (χ1n) is 9.00. The summed E-state index contributed by atoms with van der Waals surface area (Å²) >= 11 is 3.28. The molecule has 0 saturated heterocycles. The Hall–Kier alpha value is -4.05. The molecule has 4 rings (SSSR count). The van der Waals surface area contributed by atoms with Crippen molar-refractivity contribution >= 4 is 55.8 Å². The van der Waals surface area contributed by atoms with E-state index in [4.69, 9.17) is 0 Å². The van der Waals surface area contributed by atoms with Gasteiger partial charge in [-0.3, -0.25) is 19.7 Å². The smallest absolute Gasteiger partial charge is 0.270 e. The van der Waals surface area contributed by atoms with Crippen LogP contribution in [0.25, 0.3) is 10.9 Å². The molecule has 0 unspecified atom stereocenters. The van der Waals surface area contributed by atoms with Gasteiger partial charge in [0, 0.05) is 51.2 Å². The van der Waals surface area contributed by atoms with E-state index in [1.165, 1.54) is 24.4 Å². The van der Waals surface area contributed by atoms with E-state index in [0.29, 0.717) is 28.0 Å². The van der Waals surface area contributed by atoms with Crippen molar-refractivity contribution in [1.82, 2.24) is 9.97 Å². The minimum Gasteiger partial charge on any atom is -0.360 e. The molecule has 0 spiro atoms. The second-order valence-corrected chi connectivity index (χ2v) is 7.46. The minimum atomic E-state index is -0.517. The van der Waals surface area contributed by atoms with E-state index in [-0.39, 0.29) is 17.2 Å². The number of amides is 2. The number of anilines is 2. The normalized spacial score (nSPS) is 10.6. The van der Waals surface area contributed by atoms with Gasteiger partial charge in [0.25, 0.3) is 17.5 Å². The van der Waals surface area contributed by atoms with Crippen LogP contribution in [0.15, 0.2) is 71.5 Å². The number of fused-ring (bicyclic) bond motifs is 1. The molecule has 2 amide bonds. The van der Waals surface area contributed by atoms with Crippen molar-refractivity contribution in [2.45, 2.75) is 0 Å². The van der Waals surface area contributed by atoms with E-state index < -0.39 is 10.8 Å². The third-order valence-corrected chi connectivity index (χ3v) is 4.94. The Bertz CT molecular complexity index is 1320. The number of aromatic nitrogens is 2. The molecule has 0 aliphatic heterocycles. The standard InChI is InChI=1S/C21H14BrN5O4/c22-13-4-7-19(24-10-13)26-20(28)12-2-1-3-14(8-12)25-21(29)17-11-23-18-6-5-15(27(30)31)9-16(17)18/h1-11,23H,(H,25,29)(H,24,26,28). The molecule has 3 N–H and O–H groups in total. The number of rotatable bonds is 5. The van der Waals surface area contributed by atoms with E-state index in [0.717, 1.165) is 4.47 Å². The number of nitrogens with zero attached hydrogens (tertiary/aromatic N) is 2. The zero-order chi connectivity index (χ0) is 22.0. The number of aromatic amines is 1. The van der Waals surface area contributed by atoms with Crippen LogP contribution >= 0.6 is 15.9 Å². The number of nitro benzene ring substituents is 1. The van der Waals surface area contributed by atoms with Gasteiger partial charge < -0.3 is 15.6 Å². The van der Waals surface area contributed by atoms with Crippen LogP contribution in [0.5, 0.6) is 0 Å². The van der Waals surface area contributed by atoms with Crippen molar-refractivity contribution in [3.63, 3.8) is 0 Å². The van der Waals surface area contributed by atoms with Crippen molar-refractivity contribution in [2.75, 3.05) is 10.6 Å². The number of halogens is 1. The highest BCUT2D eigenvalue weighted by atomic mass is 79.9. The topological polar surface area (TPSA) is 130 Å². The number of carbonyl (C=O) groups is 2. The molecule has 2 aromatic carbocycles. The third kappa shape index (κ3) is 4.43. The molecular formula is C21H14BrN5O4. The van der Waals surface area contributed by atoms with Crippen LogP contribution in [0, 0.1) is 10.1 Å². The highest BCUT2D eigenvalue weighted by Crippen LogP contribution is 2.24. The van der Waals surface area contributed by atoms with Gasteiger partial charge in [-0.2, -0.15) is 0 Å². The fourth-order valence-electron chi connectivity index (χ4n) is 2.98. The molecule has 154 valence electrons. The van der Waals surface area contributed by atoms with Crippen LogP contribution in [0.4, 0.5) is 17.2 Å². The van der Waals surface area contributed by atoms with Crippen LogP contribution in [0.1, 0.15) is 20.7 Å². The van der Waals surface area contributed by atoms with Gasteiger partial charge in [0.2, 0.25) is 0 Å². The summed E-state index contributed by atoms with van der Waals surface area (Å²) in [5.74, 6) is -0.449. The Kier molecular flexibility index (Phi) is 5.46. The predicted molar refractivity (Wildman–Crippen MR) is 119 cm³/mol. The highest BCUT2D eigenvalue weighted by molar-refractivity contribution is 9.10. The third-order valence-electron chi connectivity index (χ3n) is 4.47. The minimum absolute atomic E-state index is 0.110. The van der Waals surface area contributed by atoms with Crippen LogP contribution in [0.3, 0.4) is 0 Å². The zero-order valence-electron chi connectivity index (χ0n) is 15.8. The lowest BCUT2D eigenvalue weighted by molar-refractivity contribution is -0.384. The molecule has 9 nitrogen and oxygen atoms in total. The van der Waals surface area contributed by atoms with Gasteiger partial charge in [-0.05, 0) is 52.3 Å². The molecule has 31 heavy (non-hydrogen) atoms. The Balaban J connectivity index is 1.53. The first-order valence-corrected chi connectivity index (χ1v) is 9.80. The summed E-state index contributed by atoms with van der Waals surface area (Å²) in [6, 6.07) is 14.1. The highest BCUT2D eigenvalue weighted by Gasteiger charge is 2.16. The number of nitro groups is 1. The molecule has 0 saturated carbocycles. The summed E-state index contributed by atoms with van der Waals surface area (Å²) in [7, 11) is 0. The van der Waals surface area contributed by atoms with Crippen LogP contribution in [-0.4, -0.2) is 26.7 Å². The maximum Gasteiger partial charge on any atom is 0.270 e. The second kappa shape index (κ2) is 8.36. The molecular weight excluding hydrogens is 466 g/mol. The number of benzene rings is 2. The Labute approximate surface area is 183 Å². The number of pyridine rings is 1. The predicted octanol–water partition coefficient (Wildman–Crippen LogP) is 4.74. The molecule has 10 heteroatoms. The molecule has 0 atom stereocenters. The zero-order valence-corrected chi connectivity index (χ0v) is 17.3. The summed E-state index contributed by atoms with van der Waals surface area (Å²) in [5.41, 5.74) is 1.48. The van der Waals surface area contributed by atoms with Crippen molar-refractivity contribution < 1.29 is 14.5 Å². The molecule has 2 aromatic heterocycles. The fourth-order valence-corrected chi connectivity index (χ4v) is 3.22. The van der Waals surface area contributed by atoms with Crippen LogP contribution < -0.4 is 10.6 Å². The van der Waals surface area contributed by atoms with Gasteiger partial charge in [-0.1, -0.05) is 6.07 Å². The largest absolute Gasteiger partial charge is 0.360 e. The average molecular weight is 480 g/mol. The lowest BCUT2D eigenvalue weighted by atomic mass is 10.1. The van der Waals surface area contributed by atoms with Gasteiger partial charge in [0.15, 0.2) is 0 Å². The Morgan fingerprint density at radius 2 is 1.87 bits per heavy atom. The summed E-state index contributed by atoms with van der Waals surface area (Å²) in [4.78, 5) is 42.8. The molecule has 0 fully saturated rings. The van der Waals surface area contributed by atoms with Gasteiger partial charge in [-0.15, -0.1) is 0 Å². The first-order chi connectivity index (χ1) is 14.9. The summed E-state index contributed by atoms with van der Waals surface area (Å²) in [6.45, 7) is 0. The number of non-ortho nitro benzene ring substituents is 1. The quantitative estimate of drug-likeness (QED) is 0.281. The van der Waals surface area contributed by atoms with Crippen molar-refractivity contribution in [3.8, 4) is 0 Å². The van der Waals surface area contributed by atoms with Crippen molar-refractivity contribution in [1.29, 1.82) is 0 Å². The Morgan fingerprint density at radius 1 is 1.03 bits per heavy atom. The monoisotopic (exact) mass is 479 g/mol. The lowest BCUT2D eigenvalue weighted by Gasteiger charge is -2.08. The lowest BCUT2D eigenvalue weighted by Crippen LogP contribution is -2.15. The molecule has 0 aliphatic carbocycles. The van der Waals surface area contributed by atoms with Crippen LogP contribution in [0.2, 0.25) is 0 Å². The van der Waals surface area contributed by atoms with Gasteiger partial charge in [0.1, 0.15) is 5.82 Å². The fraction of sp³-hybridized carbons (Fsp3) is 0. The van der Waals surface area contributed by atoms with E-state index in [2.05, 4.69) is 36.5 Å². The molecule has 0 bridgehead atoms. The molecule has 0 radical (unpaired) electrons. The van der Waals surface area contributed by atoms with E-state index >= 15 is 0 Å².